The lowest BCUT2D eigenvalue weighted by Crippen LogP contribution is -2.43. The topological polar surface area (TPSA) is 102 Å². The van der Waals surface area contributed by atoms with Crippen molar-refractivity contribution < 1.29 is 19.2 Å². The summed E-state index contributed by atoms with van der Waals surface area (Å²) in [4.78, 5) is 40.0. The van der Waals surface area contributed by atoms with Gasteiger partial charge in [-0.15, -0.1) is 0 Å². The average Bonchev–Trinajstić information content (AvgIpc) is 3.33. The first kappa shape index (κ1) is 26.7. The zero-order valence-corrected chi connectivity index (χ0v) is 22.6. The summed E-state index contributed by atoms with van der Waals surface area (Å²) in [5, 5.41) is 13.6. The summed E-state index contributed by atoms with van der Waals surface area (Å²) < 4.78 is 11.2. The van der Waals surface area contributed by atoms with Crippen LogP contribution in [0.4, 0.5) is 0 Å². The predicted molar refractivity (Wildman–Crippen MR) is 148 cm³/mol. The van der Waals surface area contributed by atoms with E-state index in [1.807, 2.05) is 71.6 Å². The summed E-state index contributed by atoms with van der Waals surface area (Å²) in [6.07, 6.45) is 1.83. The van der Waals surface area contributed by atoms with E-state index in [0.29, 0.717) is 12.1 Å². The fourth-order valence-corrected chi connectivity index (χ4v) is 5.25. The molecule has 0 N–H and O–H groups in total. The van der Waals surface area contributed by atoms with E-state index in [0.717, 1.165) is 25.7 Å². The molecule has 0 spiro atoms. The Morgan fingerprint density at radius 2 is 1.52 bits per heavy atom. The van der Waals surface area contributed by atoms with Crippen molar-refractivity contribution in [3.8, 4) is 5.88 Å². The highest BCUT2D eigenvalue weighted by atomic mass is 16.5. The summed E-state index contributed by atoms with van der Waals surface area (Å²) >= 11 is 0. The Morgan fingerprint density at radius 1 is 0.900 bits per heavy atom. The maximum Gasteiger partial charge on any atom is 0.352 e. The van der Waals surface area contributed by atoms with Gasteiger partial charge in [-0.05, 0) is 36.1 Å². The number of hydrogen-bond acceptors (Lipinski definition) is 5. The Labute approximate surface area is 230 Å². The SMILES string of the molecule is CCOC(=O)C(C(c1ccccc1)c1c([O-])n(C)c(=O)n(C)c1=O)n1c[n+](Cc2ccccc2)c2ccccc21. The summed E-state index contributed by atoms with van der Waals surface area (Å²) in [5.41, 5.74) is 1.57. The molecule has 0 bridgehead atoms. The standard InChI is InChI=1S/C31H30N4O5/c1-4-40-30(38)27(35-20-34(19-21-13-7-5-8-14-21)23-17-11-12-18-24(23)35)25(22-15-9-6-10-16-22)26-28(36)32(2)31(39)33(3)29(26)37/h5-18,20,25,27H,4,19H2,1-3H3. The molecule has 0 aliphatic carbocycles. The minimum absolute atomic E-state index is 0.107. The second-order valence-electron chi connectivity index (χ2n) is 9.63. The van der Waals surface area contributed by atoms with Gasteiger partial charge in [0.25, 0.3) is 5.56 Å². The highest BCUT2D eigenvalue weighted by Crippen LogP contribution is 2.38. The molecule has 2 aromatic heterocycles. The van der Waals surface area contributed by atoms with E-state index in [1.165, 1.54) is 14.1 Å². The fraction of sp³-hybridized carbons (Fsp3) is 0.226. The third-order valence-electron chi connectivity index (χ3n) is 7.19. The predicted octanol–water partition coefficient (Wildman–Crippen LogP) is 2.38. The molecule has 204 valence electrons. The van der Waals surface area contributed by atoms with Crippen molar-refractivity contribution in [3.05, 3.63) is 129 Å². The van der Waals surface area contributed by atoms with Crippen molar-refractivity contribution in [2.24, 2.45) is 14.1 Å². The summed E-state index contributed by atoms with van der Waals surface area (Å²) in [7, 11) is 2.65. The number of benzene rings is 3. The monoisotopic (exact) mass is 538 g/mol. The number of fused-ring (bicyclic) bond motifs is 1. The number of rotatable bonds is 8. The molecule has 0 saturated carbocycles. The van der Waals surface area contributed by atoms with Crippen LogP contribution in [-0.4, -0.2) is 26.3 Å². The van der Waals surface area contributed by atoms with E-state index in [4.69, 9.17) is 4.74 Å². The first-order valence-electron chi connectivity index (χ1n) is 13.0. The van der Waals surface area contributed by atoms with E-state index >= 15 is 0 Å². The number of carbonyl (C=O) groups is 1. The molecule has 0 aliphatic rings. The minimum atomic E-state index is -1.12. The Bertz CT molecular complexity index is 1790. The molecular formula is C31H30N4O5. The van der Waals surface area contributed by atoms with Crippen LogP contribution in [0.5, 0.6) is 5.88 Å². The molecule has 9 heteroatoms. The summed E-state index contributed by atoms with van der Waals surface area (Å²) in [5.74, 6) is -2.39. The van der Waals surface area contributed by atoms with Crippen LogP contribution < -0.4 is 20.9 Å². The Balaban J connectivity index is 1.82. The molecule has 2 heterocycles. The van der Waals surface area contributed by atoms with Gasteiger partial charge in [0.15, 0.2) is 11.0 Å². The number of carbonyl (C=O) groups excluding carboxylic acids is 1. The van der Waals surface area contributed by atoms with Gasteiger partial charge in [-0.3, -0.25) is 9.36 Å². The van der Waals surface area contributed by atoms with Crippen molar-refractivity contribution in [1.29, 1.82) is 0 Å². The van der Waals surface area contributed by atoms with Crippen LogP contribution in [0.25, 0.3) is 11.0 Å². The first-order valence-corrected chi connectivity index (χ1v) is 13.0. The zero-order chi connectivity index (χ0) is 28.4. The van der Waals surface area contributed by atoms with E-state index < -0.39 is 35.1 Å². The molecule has 0 aliphatic heterocycles. The van der Waals surface area contributed by atoms with Crippen molar-refractivity contribution in [2.75, 3.05) is 6.61 Å². The lowest BCUT2D eigenvalue weighted by Gasteiger charge is -2.28. The normalized spacial score (nSPS) is 12.8. The molecule has 5 rings (SSSR count). The summed E-state index contributed by atoms with van der Waals surface area (Å²) in [6.45, 7) is 2.35. The van der Waals surface area contributed by atoms with Gasteiger partial charge in [0.1, 0.15) is 6.54 Å². The molecule has 0 amide bonds. The van der Waals surface area contributed by atoms with Gasteiger partial charge < -0.3 is 14.4 Å². The lowest BCUT2D eigenvalue weighted by atomic mass is 9.85. The highest BCUT2D eigenvalue weighted by molar-refractivity contribution is 5.81. The minimum Gasteiger partial charge on any atom is -0.860 e. The van der Waals surface area contributed by atoms with Crippen LogP contribution in [0.3, 0.4) is 0 Å². The first-order chi connectivity index (χ1) is 19.3. The molecule has 0 fully saturated rings. The third kappa shape index (κ3) is 4.70. The van der Waals surface area contributed by atoms with E-state index in [2.05, 4.69) is 0 Å². The van der Waals surface area contributed by atoms with Gasteiger partial charge in [0.05, 0.1) is 12.5 Å². The van der Waals surface area contributed by atoms with Crippen molar-refractivity contribution in [3.63, 3.8) is 0 Å². The van der Waals surface area contributed by atoms with Gasteiger partial charge >= 0.3 is 11.7 Å². The average molecular weight is 539 g/mol. The molecule has 3 aromatic carbocycles. The number of hydrogen-bond donors (Lipinski definition) is 0. The highest BCUT2D eigenvalue weighted by Gasteiger charge is 2.41. The van der Waals surface area contributed by atoms with E-state index in [1.54, 1.807) is 35.8 Å². The van der Waals surface area contributed by atoms with Gasteiger partial charge in [0, 0.05) is 19.7 Å². The molecular weight excluding hydrogens is 508 g/mol. The maximum absolute atomic E-state index is 13.9. The molecule has 5 aromatic rings. The van der Waals surface area contributed by atoms with Crippen molar-refractivity contribution in [1.82, 2.24) is 13.7 Å². The van der Waals surface area contributed by atoms with Crippen molar-refractivity contribution >= 4 is 17.0 Å². The Hall–Kier alpha value is -4.92. The number of esters is 1. The van der Waals surface area contributed by atoms with E-state index in [-0.39, 0.29) is 12.2 Å². The zero-order valence-electron chi connectivity index (χ0n) is 22.6. The van der Waals surface area contributed by atoms with Crippen LogP contribution in [0.2, 0.25) is 0 Å². The molecule has 0 saturated heterocycles. The molecule has 9 nitrogen and oxygen atoms in total. The number of nitrogens with zero attached hydrogens (tertiary/aromatic N) is 4. The van der Waals surface area contributed by atoms with Gasteiger partial charge in [-0.25, -0.2) is 18.7 Å². The third-order valence-corrected chi connectivity index (χ3v) is 7.19. The number of aromatic nitrogens is 4. The van der Waals surface area contributed by atoms with Crippen LogP contribution in [0.15, 0.2) is 101 Å². The van der Waals surface area contributed by atoms with E-state index in [9.17, 15) is 19.5 Å². The van der Waals surface area contributed by atoms with Crippen molar-refractivity contribution in [2.45, 2.75) is 25.4 Å². The van der Waals surface area contributed by atoms with Crippen LogP contribution in [0.1, 0.15) is 35.6 Å². The van der Waals surface area contributed by atoms with Crippen LogP contribution in [0, 0.1) is 0 Å². The van der Waals surface area contributed by atoms with Crippen LogP contribution >= 0.6 is 0 Å². The lowest BCUT2D eigenvalue weighted by molar-refractivity contribution is -0.663. The van der Waals surface area contributed by atoms with Gasteiger partial charge in [-0.2, -0.15) is 0 Å². The molecule has 0 radical (unpaired) electrons. The number of imidazole rings is 1. The van der Waals surface area contributed by atoms with Gasteiger partial charge in [-0.1, -0.05) is 72.8 Å². The second kappa shape index (κ2) is 11.1. The maximum atomic E-state index is 13.9. The Kier molecular flexibility index (Phi) is 7.37. The molecule has 2 unspecified atom stereocenters. The number of para-hydroxylation sites is 2. The summed E-state index contributed by atoms with van der Waals surface area (Å²) in [6, 6.07) is 25.4. The molecule has 2 atom stereocenters. The smallest absolute Gasteiger partial charge is 0.352 e. The van der Waals surface area contributed by atoms with Crippen LogP contribution in [-0.2, 0) is 30.2 Å². The fourth-order valence-electron chi connectivity index (χ4n) is 5.25. The molecule has 40 heavy (non-hydrogen) atoms. The second-order valence-corrected chi connectivity index (χ2v) is 9.63. The Morgan fingerprint density at radius 3 is 2.20 bits per heavy atom. The van der Waals surface area contributed by atoms with Gasteiger partial charge in [0.2, 0.25) is 12.4 Å². The quantitative estimate of drug-likeness (QED) is 0.223. The number of ether oxygens (including phenoxy) is 1. The largest absolute Gasteiger partial charge is 0.860 e.